The number of aromatic nitrogens is 1. The Bertz CT molecular complexity index is 966. The van der Waals surface area contributed by atoms with E-state index in [1.807, 2.05) is 29.8 Å². The molecular formula is C23H24N2OS2. The quantitative estimate of drug-likeness (QED) is 0.528. The monoisotopic (exact) mass is 408 g/mol. The summed E-state index contributed by atoms with van der Waals surface area (Å²) >= 11 is 3.26. The first kappa shape index (κ1) is 19.2. The van der Waals surface area contributed by atoms with Gasteiger partial charge in [-0.2, -0.15) is 0 Å². The summed E-state index contributed by atoms with van der Waals surface area (Å²) in [4.78, 5) is 18.5. The number of benzene rings is 2. The van der Waals surface area contributed by atoms with Gasteiger partial charge >= 0.3 is 0 Å². The molecule has 144 valence electrons. The molecule has 1 N–H and O–H groups in total. The Balaban J connectivity index is 1.53. The van der Waals surface area contributed by atoms with Crippen molar-refractivity contribution in [3.8, 4) is 0 Å². The average molecular weight is 409 g/mol. The highest BCUT2D eigenvalue weighted by molar-refractivity contribution is 7.98. The van der Waals surface area contributed by atoms with Gasteiger partial charge in [0.2, 0.25) is 0 Å². The van der Waals surface area contributed by atoms with Crippen LogP contribution < -0.4 is 5.32 Å². The molecule has 1 aliphatic rings. The number of amides is 1. The summed E-state index contributed by atoms with van der Waals surface area (Å²) in [5.74, 6) is 0.773. The van der Waals surface area contributed by atoms with Gasteiger partial charge in [0, 0.05) is 16.0 Å². The van der Waals surface area contributed by atoms with Crippen LogP contribution in [0.4, 0.5) is 0 Å². The molecule has 1 amide bonds. The van der Waals surface area contributed by atoms with Crippen LogP contribution in [0.2, 0.25) is 0 Å². The van der Waals surface area contributed by atoms with Gasteiger partial charge in [0.1, 0.15) is 0 Å². The van der Waals surface area contributed by atoms with E-state index in [4.69, 9.17) is 0 Å². The second-order valence-electron chi connectivity index (χ2n) is 7.80. The lowest BCUT2D eigenvalue weighted by atomic mass is 9.71. The molecule has 1 aromatic heterocycles. The van der Waals surface area contributed by atoms with Gasteiger partial charge in [0.25, 0.3) is 5.91 Å². The molecule has 0 fully saturated rings. The molecule has 0 bridgehead atoms. The van der Waals surface area contributed by atoms with Crippen molar-refractivity contribution in [3.63, 3.8) is 0 Å². The zero-order valence-electron chi connectivity index (χ0n) is 16.1. The molecule has 0 saturated carbocycles. The molecule has 28 heavy (non-hydrogen) atoms. The first-order valence-electron chi connectivity index (χ1n) is 9.54. The van der Waals surface area contributed by atoms with Gasteiger partial charge in [0.15, 0.2) is 0 Å². The van der Waals surface area contributed by atoms with Crippen LogP contribution in [0.15, 0.2) is 64.3 Å². The average Bonchev–Trinajstić information content (AvgIpc) is 3.23. The Morgan fingerprint density at radius 2 is 2.00 bits per heavy atom. The van der Waals surface area contributed by atoms with Crippen LogP contribution in [0.3, 0.4) is 0 Å². The second-order valence-corrected chi connectivity index (χ2v) is 9.54. The molecule has 0 spiro atoms. The lowest BCUT2D eigenvalue weighted by molar-refractivity contribution is 0.0926. The predicted octanol–water partition coefficient (Wildman–Crippen LogP) is 5.98. The maximum absolute atomic E-state index is 13.1. The van der Waals surface area contributed by atoms with Gasteiger partial charge in [0.05, 0.1) is 22.8 Å². The third-order valence-corrected chi connectivity index (χ3v) is 7.16. The highest BCUT2D eigenvalue weighted by Crippen LogP contribution is 2.41. The Morgan fingerprint density at radius 1 is 1.21 bits per heavy atom. The van der Waals surface area contributed by atoms with E-state index in [0.29, 0.717) is 0 Å². The van der Waals surface area contributed by atoms with E-state index in [-0.39, 0.29) is 17.4 Å². The van der Waals surface area contributed by atoms with Crippen molar-refractivity contribution >= 4 is 29.0 Å². The summed E-state index contributed by atoms with van der Waals surface area (Å²) in [5, 5.41) is 5.35. The van der Waals surface area contributed by atoms with Crippen molar-refractivity contribution < 1.29 is 4.79 Å². The topological polar surface area (TPSA) is 42.0 Å². The minimum absolute atomic E-state index is 0.000821. The summed E-state index contributed by atoms with van der Waals surface area (Å²) in [7, 11) is 0. The minimum Gasteiger partial charge on any atom is -0.345 e. The minimum atomic E-state index is 0.000821. The van der Waals surface area contributed by atoms with Crippen LogP contribution in [-0.2, 0) is 11.2 Å². The molecular weight excluding hydrogens is 384 g/mol. The maximum Gasteiger partial charge on any atom is 0.252 e. The number of nitrogens with zero attached hydrogens (tertiary/aromatic N) is 1. The Hall–Kier alpha value is -2.11. The summed E-state index contributed by atoms with van der Waals surface area (Å²) in [6, 6.07) is 16.4. The van der Waals surface area contributed by atoms with Gasteiger partial charge in [-0.25, -0.2) is 4.98 Å². The first-order chi connectivity index (χ1) is 13.5. The van der Waals surface area contributed by atoms with Gasteiger partial charge in [-0.05, 0) is 41.5 Å². The standard InChI is InChI=1S/C23H24N2OS2/c1-23(2)12-11-20(17-7-3-5-9-19(17)23)25-22(26)18-8-4-6-10-21(18)28-14-16-13-27-15-24-16/h3-10,13,15,20H,11-12,14H2,1-2H3,(H,25,26). The van der Waals surface area contributed by atoms with Crippen molar-refractivity contribution in [2.45, 2.75) is 48.8 Å². The molecule has 0 aliphatic heterocycles. The number of nitrogens with one attached hydrogen (secondary N) is 1. The maximum atomic E-state index is 13.1. The molecule has 0 saturated heterocycles. The van der Waals surface area contributed by atoms with Gasteiger partial charge in [-0.1, -0.05) is 50.2 Å². The normalized spacial score (nSPS) is 17.7. The molecule has 2 aromatic carbocycles. The molecule has 1 unspecified atom stereocenters. The highest BCUT2D eigenvalue weighted by atomic mass is 32.2. The fourth-order valence-corrected chi connectivity index (χ4v) is 5.46. The Morgan fingerprint density at radius 3 is 2.82 bits per heavy atom. The summed E-state index contributed by atoms with van der Waals surface area (Å²) in [5.41, 5.74) is 6.38. The fraction of sp³-hybridized carbons (Fsp3) is 0.304. The predicted molar refractivity (Wildman–Crippen MR) is 117 cm³/mol. The SMILES string of the molecule is CC1(C)CCC(NC(=O)c2ccccc2SCc2cscn2)c2ccccc21. The third-order valence-electron chi connectivity index (χ3n) is 5.42. The van der Waals surface area contributed by atoms with Crippen molar-refractivity contribution in [2.24, 2.45) is 0 Å². The zero-order chi connectivity index (χ0) is 19.6. The van der Waals surface area contributed by atoms with E-state index in [1.54, 1.807) is 23.1 Å². The highest BCUT2D eigenvalue weighted by Gasteiger charge is 2.33. The van der Waals surface area contributed by atoms with Crippen LogP contribution in [0.25, 0.3) is 0 Å². The second kappa shape index (κ2) is 8.10. The van der Waals surface area contributed by atoms with E-state index >= 15 is 0 Å². The number of carbonyl (C=O) groups is 1. The van der Waals surface area contributed by atoms with Crippen LogP contribution in [0.1, 0.15) is 59.9 Å². The van der Waals surface area contributed by atoms with Crippen molar-refractivity contribution in [2.75, 3.05) is 0 Å². The Labute approximate surface area is 174 Å². The first-order valence-corrected chi connectivity index (χ1v) is 11.5. The van der Waals surface area contributed by atoms with Crippen LogP contribution >= 0.6 is 23.1 Å². The van der Waals surface area contributed by atoms with Crippen LogP contribution in [-0.4, -0.2) is 10.9 Å². The smallest absolute Gasteiger partial charge is 0.252 e. The number of thiazole rings is 1. The largest absolute Gasteiger partial charge is 0.345 e. The summed E-state index contributed by atoms with van der Waals surface area (Å²) in [6.07, 6.45) is 2.03. The van der Waals surface area contributed by atoms with Crippen LogP contribution in [0.5, 0.6) is 0 Å². The molecule has 1 aliphatic carbocycles. The zero-order valence-corrected chi connectivity index (χ0v) is 17.8. The lowest BCUT2D eigenvalue weighted by Gasteiger charge is -2.37. The van der Waals surface area contributed by atoms with Gasteiger partial charge in [-0.3, -0.25) is 4.79 Å². The van der Waals surface area contributed by atoms with E-state index in [0.717, 1.165) is 34.7 Å². The number of carbonyl (C=O) groups excluding carboxylic acids is 1. The van der Waals surface area contributed by atoms with E-state index in [1.165, 1.54) is 11.1 Å². The van der Waals surface area contributed by atoms with E-state index in [9.17, 15) is 4.79 Å². The summed E-state index contributed by atoms with van der Waals surface area (Å²) in [6.45, 7) is 4.57. The molecule has 5 heteroatoms. The number of fused-ring (bicyclic) bond motifs is 1. The Kier molecular flexibility index (Phi) is 5.56. The summed E-state index contributed by atoms with van der Waals surface area (Å²) < 4.78 is 0. The van der Waals surface area contributed by atoms with E-state index in [2.05, 4.69) is 53.8 Å². The number of rotatable bonds is 5. The molecule has 1 atom stereocenters. The lowest BCUT2D eigenvalue weighted by Crippen LogP contribution is -2.35. The van der Waals surface area contributed by atoms with Crippen molar-refractivity contribution in [3.05, 3.63) is 81.8 Å². The van der Waals surface area contributed by atoms with Gasteiger partial charge in [-0.15, -0.1) is 23.1 Å². The number of hydrogen-bond donors (Lipinski definition) is 1. The fourth-order valence-electron chi connectivity index (χ4n) is 3.84. The van der Waals surface area contributed by atoms with Crippen molar-refractivity contribution in [1.82, 2.24) is 10.3 Å². The van der Waals surface area contributed by atoms with Gasteiger partial charge < -0.3 is 5.32 Å². The molecule has 0 radical (unpaired) electrons. The van der Waals surface area contributed by atoms with Crippen LogP contribution in [0, 0.1) is 0 Å². The molecule has 3 nitrogen and oxygen atoms in total. The number of thioether (sulfide) groups is 1. The number of hydrogen-bond acceptors (Lipinski definition) is 4. The van der Waals surface area contributed by atoms with Crippen molar-refractivity contribution in [1.29, 1.82) is 0 Å². The third kappa shape index (κ3) is 4.01. The molecule has 1 heterocycles. The molecule has 3 aromatic rings. The molecule has 4 rings (SSSR count). The van der Waals surface area contributed by atoms with E-state index < -0.39 is 0 Å².